The van der Waals surface area contributed by atoms with Crippen LogP contribution >= 0.6 is 34.8 Å². The van der Waals surface area contributed by atoms with E-state index in [-0.39, 0.29) is 6.42 Å². The largest absolute Gasteiger partial charge is 0.324 e. The van der Waals surface area contributed by atoms with Crippen LogP contribution < -0.4 is 5.32 Å². The minimum atomic E-state index is -1.32. The molecule has 0 spiro atoms. The normalized spacial score (nSPS) is 26.3. The van der Waals surface area contributed by atoms with Crippen LogP contribution in [0.5, 0.6) is 0 Å². The van der Waals surface area contributed by atoms with E-state index < -0.39 is 45.3 Å². The highest BCUT2D eigenvalue weighted by Crippen LogP contribution is 2.69. The highest BCUT2D eigenvalue weighted by atomic mass is 35.5. The summed E-state index contributed by atoms with van der Waals surface area (Å²) in [6, 6.07) is 29.8. The highest BCUT2D eigenvalue weighted by Gasteiger charge is 2.73. The maximum Gasteiger partial charge on any atom is 0.248 e. The van der Waals surface area contributed by atoms with Gasteiger partial charge in [-0.25, -0.2) is 0 Å². The van der Waals surface area contributed by atoms with Crippen LogP contribution in [0.25, 0.3) is 0 Å². The molecule has 4 aliphatic rings. The van der Waals surface area contributed by atoms with Crippen molar-refractivity contribution in [1.82, 2.24) is 4.90 Å². The van der Waals surface area contributed by atoms with Gasteiger partial charge in [-0.05, 0) is 52.1 Å². The van der Waals surface area contributed by atoms with Crippen LogP contribution in [-0.2, 0) is 30.6 Å². The second kappa shape index (κ2) is 9.45. The van der Waals surface area contributed by atoms with Gasteiger partial charge in [0.25, 0.3) is 0 Å². The Kier molecular flexibility index (Phi) is 6.06. The van der Waals surface area contributed by atoms with Gasteiger partial charge in [-0.1, -0.05) is 90.5 Å². The SMILES string of the molecule is O=C(Nc1ccc(Cl)cc1)[C@H](Cc1ccccc1)N1C(=O)[C@@H]2[C@@H](C1=O)C1(Cl)c3ccccc3C2(Cl)c2ccccc21. The van der Waals surface area contributed by atoms with Crippen LogP contribution in [0.2, 0.25) is 5.02 Å². The fraction of sp³-hybridized carbons (Fsp3) is 0.182. The molecule has 4 aromatic carbocycles. The highest BCUT2D eigenvalue weighted by molar-refractivity contribution is 6.36. The average molecular weight is 602 g/mol. The quantitative estimate of drug-likeness (QED) is 0.210. The molecule has 2 bridgehead atoms. The molecule has 5 nitrogen and oxygen atoms in total. The molecular weight excluding hydrogens is 579 g/mol. The van der Waals surface area contributed by atoms with Crippen molar-refractivity contribution in [2.45, 2.75) is 22.2 Å². The number of halogens is 3. The number of benzene rings is 4. The van der Waals surface area contributed by atoms with E-state index >= 15 is 0 Å². The first kappa shape index (κ1) is 26.3. The summed E-state index contributed by atoms with van der Waals surface area (Å²) in [5, 5.41) is 3.39. The average Bonchev–Trinajstić information content (AvgIpc) is 3.27. The van der Waals surface area contributed by atoms with Gasteiger partial charge in [0.15, 0.2) is 0 Å². The van der Waals surface area contributed by atoms with Gasteiger partial charge in [0.1, 0.15) is 15.8 Å². The van der Waals surface area contributed by atoms with Crippen LogP contribution in [-0.4, -0.2) is 28.7 Å². The number of anilines is 1. The Morgan fingerprint density at radius 3 is 1.61 bits per heavy atom. The lowest BCUT2D eigenvalue weighted by molar-refractivity contribution is -0.146. The minimum absolute atomic E-state index is 0.127. The predicted molar refractivity (Wildman–Crippen MR) is 159 cm³/mol. The van der Waals surface area contributed by atoms with E-state index in [9.17, 15) is 14.4 Å². The van der Waals surface area contributed by atoms with Crippen LogP contribution in [0.1, 0.15) is 27.8 Å². The topological polar surface area (TPSA) is 66.5 Å². The third-order valence-corrected chi connectivity index (χ3v) is 10.2. The van der Waals surface area contributed by atoms with E-state index in [2.05, 4.69) is 5.32 Å². The molecule has 3 atom stereocenters. The van der Waals surface area contributed by atoms with Gasteiger partial charge < -0.3 is 5.32 Å². The molecular formula is C33H23Cl3N2O3. The first-order valence-electron chi connectivity index (χ1n) is 13.3. The maximum absolute atomic E-state index is 14.5. The molecule has 1 fully saturated rings. The summed E-state index contributed by atoms with van der Waals surface area (Å²) in [5.41, 5.74) is 4.15. The number of nitrogens with zero attached hydrogens (tertiary/aromatic N) is 1. The van der Waals surface area contributed by atoms with Crippen molar-refractivity contribution in [3.05, 3.63) is 136 Å². The summed E-state index contributed by atoms with van der Waals surface area (Å²) < 4.78 is 0. The second-order valence-electron chi connectivity index (χ2n) is 10.7. The molecule has 0 unspecified atom stereocenters. The Morgan fingerprint density at radius 1 is 0.707 bits per heavy atom. The van der Waals surface area contributed by atoms with Gasteiger partial charge in [-0.2, -0.15) is 0 Å². The number of alkyl halides is 2. The molecule has 41 heavy (non-hydrogen) atoms. The van der Waals surface area contributed by atoms with Gasteiger partial charge in [-0.15, -0.1) is 23.2 Å². The fourth-order valence-electron chi connectivity index (χ4n) is 6.89. The number of imide groups is 1. The van der Waals surface area contributed by atoms with Crippen molar-refractivity contribution in [1.29, 1.82) is 0 Å². The number of nitrogens with one attached hydrogen (secondary N) is 1. The summed E-state index contributed by atoms with van der Waals surface area (Å²) in [4.78, 5) is 41.4. The number of hydrogen-bond donors (Lipinski definition) is 1. The van der Waals surface area contributed by atoms with Gasteiger partial charge in [0.2, 0.25) is 17.7 Å². The smallest absolute Gasteiger partial charge is 0.248 e. The molecule has 8 heteroatoms. The molecule has 1 aliphatic heterocycles. The Hall–Kier alpha value is -3.64. The number of carbonyl (C=O) groups excluding carboxylic acids is 3. The van der Waals surface area contributed by atoms with E-state index in [1.807, 2.05) is 78.9 Å². The molecule has 4 aromatic rings. The number of amides is 3. The molecule has 3 aliphatic carbocycles. The molecule has 1 saturated heterocycles. The molecule has 8 rings (SSSR count). The van der Waals surface area contributed by atoms with E-state index in [0.29, 0.717) is 33.0 Å². The Morgan fingerprint density at radius 2 is 1.15 bits per heavy atom. The fourth-order valence-corrected chi connectivity index (χ4v) is 8.12. The summed E-state index contributed by atoms with van der Waals surface area (Å²) in [6.07, 6.45) is 0.127. The van der Waals surface area contributed by atoms with Crippen LogP contribution in [0.4, 0.5) is 5.69 Å². The van der Waals surface area contributed by atoms with E-state index in [0.717, 1.165) is 10.5 Å². The number of likely N-dealkylation sites (tertiary alicyclic amines) is 1. The monoisotopic (exact) mass is 600 g/mol. The lowest BCUT2D eigenvalue weighted by Gasteiger charge is -2.54. The van der Waals surface area contributed by atoms with Crippen LogP contribution in [0, 0.1) is 11.8 Å². The maximum atomic E-state index is 14.5. The number of carbonyl (C=O) groups is 3. The molecule has 0 saturated carbocycles. The van der Waals surface area contributed by atoms with Gasteiger partial charge in [0.05, 0.1) is 11.8 Å². The van der Waals surface area contributed by atoms with Gasteiger partial charge in [0, 0.05) is 17.1 Å². The van der Waals surface area contributed by atoms with Crippen molar-refractivity contribution in [3.63, 3.8) is 0 Å². The van der Waals surface area contributed by atoms with Crippen LogP contribution in [0.15, 0.2) is 103 Å². The first-order valence-corrected chi connectivity index (χ1v) is 14.4. The number of hydrogen-bond acceptors (Lipinski definition) is 3. The zero-order valence-corrected chi connectivity index (χ0v) is 23.8. The Bertz CT molecular complexity index is 1600. The third kappa shape index (κ3) is 3.66. The van der Waals surface area contributed by atoms with Crippen molar-refractivity contribution in [2.24, 2.45) is 11.8 Å². The predicted octanol–water partition coefficient (Wildman–Crippen LogP) is 6.48. The number of rotatable bonds is 5. The van der Waals surface area contributed by atoms with Crippen molar-refractivity contribution in [2.75, 3.05) is 5.32 Å². The van der Waals surface area contributed by atoms with Crippen molar-refractivity contribution < 1.29 is 14.4 Å². The Labute approximate surface area is 252 Å². The lowest BCUT2D eigenvalue weighted by Crippen LogP contribution is -2.57. The zero-order chi connectivity index (χ0) is 28.5. The third-order valence-electron chi connectivity index (χ3n) is 8.62. The summed E-state index contributed by atoms with van der Waals surface area (Å²) in [7, 11) is 0. The van der Waals surface area contributed by atoms with E-state index in [1.54, 1.807) is 24.3 Å². The summed E-state index contributed by atoms with van der Waals surface area (Å²) >= 11 is 21.2. The molecule has 1 N–H and O–H groups in total. The van der Waals surface area contributed by atoms with Crippen molar-refractivity contribution in [3.8, 4) is 0 Å². The lowest BCUT2D eigenvalue weighted by atomic mass is 9.54. The van der Waals surface area contributed by atoms with E-state index in [1.165, 1.54) is 0 Å². The summed E-state index contributed by atoms with van der Waals surface area (Å²) in [5.74, 6) is -3.47. The Balaban J connectivity index is 1.36. The van der Waals surface area contributed by atoms with Crippen LogP contribution in [0.3, 0.4) is 0 Å². The minimum Gasteiger partial charge on any atom is -0.324 e. The van der Waals surface area contributed by atoms with Crippen molar-refractivity contribution >= 4 is 58.2 Å². The molecule has 204 valence electrons. The second-order valence-corrected chi connectivity index (χ2v) is 12.3. The molecule has 3 amide bonds. The van der Waals surface area contributed by atoms with Gasteiger partial charge >= 0.3 is 0 Å². The standard InChI is InChI=1S/C33H23Cl3N2O3/c34-20-14-16-21(17-15-20)37-29(39)26(18-19-8-2-1-3-9-19)38-30(40)27-28(31(38)41)33(36)23-11-5-4-10-22(23)32(27,35)24-12-6-7-13-25(24)33/h1-17,26-28H,18H2,(H,37,39)/t26-,27-,28-,32?,33?/m0/s1. The zero-order valence-electron chi connectivity index (χ0n) is 21.6. The summed E-state index contributed by atoms with van der Waals surface area (Å²) in [6.45, 7) is 0. The first-order chi connectivity index (χ1) is 19.8. The molecule has 1 heterocycles. The molecule has 0 radical (unpaired) electrons. The van der Waals surface area contributed by atoms with E-state index in [4.69, 9.17) is 34.8 Å². The van der Waals surface area contributed by atoms with Gasteiger partial charge in [-0.3, -0.25) is 19.3 Å². The molecule has 0 aromatic heterocycles.